The fourth-order valence-corrected chi connectivity index (χ4v) is 2.09. The van der Waals surface area contributed by atoms with E-state index in [-0.39, 0.29) is 16.2 Å². The molecule has 0 saturated heterocycles. The summed E-state index contributed by atoms with van der Waals surface area (Å²) in [5.74, 6) is 0.208. The first kappa shape index (κ1) is 16.2. The average molecular weight is 305 g/mol. The van der Waals surface area contributed by atoms with Crippen molar-refractivity contribution < 1.29 is 9.53 Å². The number of methoxy groups -OCH3 is 1. The molecule has 0 aliphatic carbocycles. The minimum Gasteiger partial charge on any atom is -0.383 e. The second-order valence-corrected chi connectivity index (χ2v) is 5.36. The largest absolute Gasteiger partial charge is 0.383 e. The minimum atomic E-state index is -0.153. The summed E-state index contributed by atoms with van der Waals surface area (Å²) in [5, 5.41) is 0.400. The van der Waals surface area contributed by atoms with Crippen molar-refractivity contribution >= 4 is 29.1 Å². The molecule has 0 aliphatic rings. The second-order valence-electron chi connectivity index (χ2n) is 4.61. The summed E-state index contributed by atoms with van der Waals surface area (Å²) in [6.45, 7) is 5.74. The highest BCUT2D eigenvalue weighted by Gasteiger charge is 2.20. The summed E-state index contributed by atoms with van der Waals surface area (Å²) >= 11 is 11.7. The van der Waals surface area contributed by atoms with Crippen LogP contribution in [0.4, 0.5) is 0 Å². The summed E-state index contributed by atoms with van der Waals surface area (Å²) in [4.78, 5) is 18.0. The molecule has 19 heavy (non-hydrogen) atoms. The molecule has 1 aromatic heterocycles. The van der Waals surface area contributed by atoms with Gasteiger partial charge in [-0.1, -0.05) is 37.0 Å². The number of ether oxygens (including phenoxy) is 1. The maximum absolute atomic E-state index is 12.4. The summed E-state index contributed by atoms with van der Waals surface area (Å²) < 4.78 is 5.03. The Labute approximate surface area is 123 Å². The van der Waals surface area contributed by atoms with Crippen LogP contribution in [-0.4, -0.2) is 42.6 Å². The van der Waals surface area contributed by atoms with Crippen molar-refractivity contribution in [1.29, 1.82) is 0 Å². The van der Waals surface area contributed by atoms with Crippen molar-refractivity contribution in [3.8, 4) is 0 Å². The van der Waals surface area contributed by atoms with Gasteiger partial charge in [-0.2, -0.15) is 0 Å². The molecule has 0 atom stereocenters. The van der Waals surface area contributed by atoms with Crippen molar-refractivity contribution in [3.05, 3.63) is 28.0 Å². The molecule has 6 heteroatoms. The van der Waals surface area contributed by atoms with Crippen LogP contribution in [-0.2, 0) is 4.74 Å². The molecule has 0 aliphatic heterocycles. The molecular formula is C13H18Cl2N2O2. The zero-order valence-electron chi connectivity index (χ0n) is 11.3. The average Bonchev–Trinajstić information content (AvgIpc) is 2.33. The Morgan fingerprint density at radius 1 is 1.42 bits per heavy atom. The molecule has 106 valence electrons. The zero-order chi connectivity index (χ0) is 14.4. The molecule has 0 N–H and O–H groups in total. The van der Waals surface area contributed by atoms with Gasteiger partial charge in [-0.3, -0.25) is 4.79 Å². The first-order chi connectivity index (χ1) is 8.95. The topological polar surface area (TPSA) is 42.4 Å². The molecule has 4 nitrogen and oxygen atoms in total. The molecule has 1 rings (SSSR count). The Bertz CT molecular complexity index is 439. The normalized spacial score (nSPS) is 10.8. The lowest BCUT2D eigenvalue weighted by atomic mass is 10.2. The molecule has 0 spiro atoms. The highest BCUT2D eigenvalue weighted by molar-refractivity contribution is 6.34. The molecule has 1 aromatic rings. The van der Waals surface area contributed by atoms with E-state index in [0.717, 1.165) is 0 Å². The molecule has 0 saturated carbocycles. The third-order valence-electron chi connectivity index (χ3n) is 2.48. The number of carbonyl (C=O) groups excluding carboxylic acids is 1. The number of pyridine rings is 1. The van der Waals surface area contributed by atoms with Gasteiger partial charge in [0.15, 0.2) is 0 Å². The lowest BCUT2D eigenvalue weighted by Crippen LogP contribution is -2.37. The minimum absolute atomic E-state index is 0.128. The van der Waals surface area contributed by atoms with Crippen LogP contribution in [0.3, 0.4) is 0 Å². The lowest BCUT2D eigenvalue weighted by Gasteiger charge is -2.24. The van der Waals surface area contributed by atoms with Crippen molar-refractivity contribution in [2.45, 2.75) is 13.8 Å². The summed E-state index contributed by atoms with van der Waals surface area (Å²) in [5.41, 5.74) is 0.364. The molecule has 0 bridgehead atoms. The van der Waals surface area contributed by atoms with E-state index in [1.807, 2.05) is 0 Å². The number of nitrogens with zero attached hydrogens (tertiary/aromatic N) is 2. The van der Waals surface area contributed by atoms with Gasteiger partial charge in [-0.15, -0.1) is 0 Å². The first-order valence-electron chi connectivity index (χ1n) is 6.06. The van der Waals surface area contributed by atoms with E-state index in [1.54, 1.807) is 24.1 Å². The number of amides is 1. The first-order valence-corrected chi connectivity index (χ1v) is 6.81. The van der Waals surface area contributed by atoms with Crippen LogP contribution in [0.15, 0.2) is 12.1 Å². The third-order valence-corrected chi connectivity index (χ3v) is 2.98. The predicted octanol–water partition coefficient (Wildman–Crippen LogP) is 3.13. The van der Waals surface area contributed by atoms with Crippen LogP contribution in [0.2, 0.25) is 10.3 Å². The lowest BCUT2D eigenvalue weighted by molar-refractivity contribution is 0.0672. The molecule has 1 amide bonds. The monoisotopic (exact) mass is 304 g/mol. The standard InChI is InChI=1S/C13H18Cl2N2O2/c1-9(2)8-17(6-7-19-3)13(18)10-4-5-11(14)16-12(10)15/h4-5,9H,6-8H2,1-3H3. The van der Waals surface area contributed by atoms with E-state index in [1.165, 1.54) is 0 Å². The maximum atomic E-state index is 12.4. The van der Waals surface area contributed by atoms with Gasteiger partial charge in [0.1, 0.15) is 10.3 Å². The van der Waals surface area contributed by atoms with Crippen molar-refractivity contribution in [1.82, 2.24) is 9.88 Å². The Morgan fingerprint density at radius 3 is 2.63 bits per heavy atom. The van der Waals surface area contributed by atoms with Crippen LogP contribution >= 0.6 is 23.2 Å². The maximum Gasteiger partial charge on any atom is 0.257 e. The summed E-state index contributed by atoms with van der Waals surface area (Å²) in [6.07, 6.45) is 0. The number of hydrogen-bond donors (Lipinski definition) is 0. The van der Waals surface area contributed by atoms with Crippen LogP contribution in [0.25, 0.3) is 0 Å². The smallest absolute Gasteiger partial charge is 0.257 e. The highest BCUT2D eigenvalue weighted by Crippen LogP contribution is 2.19. The molecule has 0 aromatic carbocycles. The number of aromatic nitrogens is 1. The van der Waals surface area contributed by atoms with E-state index < -0.39 is 0 Å². The number of hydrogen-bond acceptors (Lipinski definition) is 3. The molecule has 0 radical (unpaired) electrons. The van der Waals surface area contributed by atoms with Gasteiger partial charge in [-0.05, 0) is 18.1 Å². The van der Waals surface area contributed by atoms with Crippen LogP contribution in [0.5, 0.6) is 0 Å². The van der Waals surface area contributed by atoms with E-state index >= 15 is 0 Å². The number of rotatable bonds is 6. The number of halogens is 2. The zero-order valence-corrected chi connectivity index (χ0v) is 12.8. The molecular weight excluding hydrogens is 287 g/mol. The van der Waals surface area contributed by atoms with Crippen LogP contribution in [0.1, 0.15) is 24.2 Å². The van der Waals surface area contributed by atoms with Gasteiger partial charge < -0.3 is 9.64 Å². The van der Waals surface area contributed by atoms with Gasteiger partial charge in [0.25, 0.3) is 5.91 Å². The van der Waals surface area contributed by atoms with Crippen LogP contribution < -0.4 is 0 Å². The fraction of sp³-hybridized carbons (Fsp3) is 0.538. The second kappa shape index (κ2) is 7.68. The summed E-state index contributed by atoms with van der Waals surface area (Å²) in [7, 11) is 1.61. The van der Waals surface area contributed by atoms with E-state index in [4.69, 9.17) is 27.9 Å². The Balaban J connectivity index is 2.90. The van der Waals surface area contributed by atoms with Gasteiger partial charge >= 0.3 is 0 Å². The van der Waals surface area contributed by atoms with Crippen LogP contribution in [0, 0.1) is 5.92 Å². The quantitative estimate of drug-likeness (QED) is 0.758. The van der Waals surface area contributed by atoms with Gasteiger partial charge in [0, 0.05) is 20.2 Å². The van der Waals surface area contributed by atoms with Gasteiger partial charge in [0.2, 0.25) is 0 Å². The fourth-order valence-electron chi connectivity index (χ4n) is 1.66. The SMILES string of the molecule is COCCN(CC(C)C)C(=O)c1ccc(Cl)nc1Cl. The molecule has 0 unspecified atom stereocenters. The number of carbonyl (C=O) groups is 1. The Morgan fingerprint density at radius 2 is 2.11 bits per heavy atom. The van der Waals surface area contributed by atoms with E-state index in [0.29, 0.717) is 31.2 Å². The predicted molar refractivity (Wildman–Crippen MR) is 76.9 cm³/mol. The summed E-state index contributed by atoms with van der Waals surface area (Å²) in [6, 6.07) is 3.16. The third kappa shape index (κ3) is 4.97. The van der Waals surface area contributed by atoms with Crippen molar-refractivity contribution in [3.63, 3.8) is 0 Å². The molecule has 0 fully saturated rings. The van der Waals surface area contributed by atoms with Crippen molar-refractivity contribution in [2.75, 3.05) is 26.8 Å². The van der Waals surface area contributed by atoms with E-state index in [9.17, 15) is 4.79 Å². The Kier molecular flexibility index (Phi) is 6.55. The van der Waals surface area contributed by atoms with Gasteiger partial charge in [-0.25, -0.2) is 4.98 Å². The van der Waals surface area contributed by atoms with Crippen molar-refractivity contribution in [2.24, 2.45) is 5.92 Å². The Hall–Kier alpha value is -0.840. The van der Waals surface area contributed by atoms with Gasteiger partial charge in [0.05, 0.1) is 12.2 Å². The molecule has 1 heterocycles. The highest BCUT2D eigenvalue weighted by atomic mass is 35.5. The van der Waals surface area contributed by atoms with E-state index in [2.05, 4.69) is 18.8 Å².